The van der Waals surface area contributed by atoms with Gasteiger partial charge in [-0.3, -0.25) is 9.89 Å². The van der Waals surface area contributed by atoms with Crippen LogP contribution in [0, 0.1) is 0 Å². The van der Waals surface area contributed by atoms with Crippen LogP contribution in [0.3, 0.4) is 0 Å². The Labute approximate surface area is 96.4 Å². The molecule has 0 radical (unpaired) electrons. The van der Waals surface area contributed by atoms with Crippen molar-refractivity contribution in [3.63, 3.8) is 0 Å². The summed E-state index contributed by atoms with van der Waals surface area (Å²) in [5.74, 6) is -0.219. The topological polar surface area (TPSA) is 90.9 Å². The highest BCUT2D eigenvalue weighted by Crippen LogP contribution is 2.07. The second kappa shape index (κ2) is 5.67. The number of aromatic nitrogens is 3. The SMILES string of the molecule is CC(C)c1nc(C(=O)NCC(O)C(F)F)n[nH]1. The van der Waals surface area contributed by atoms with Gasteiger partial charge in [-0.05, 0) is 0 Å². The molecular weight excluding hydrogens is 234 g/mol. The smallest absolute Gasteiger partial charge is 0.291 e. The molecule has 0 aliphatic carbocycles. The number of aliphatic hydroxyl groups excluding tert-OH is 1. The Hall–Kier alpha value is -1.57. The van der Waals surface area contributed by atoms with Gasteiger partial charge in [0, 0.05) is 12.5 Å². The number of H-pyrrole nitrogens is 1. The van der Waals surface area contributed by atoms with Crippen LogP contribution in [0.1, 0.15) is 36.2 Å². The molecule has 8 heteroatoms. The van der Waals surface area contributed by atoms with E-state index in [-0.39, 0.29) is 11.7 Å². The van der Waals surface area contributed by atoms with E-state index in [4.69, 9.17) is 5.11 Å². The van der Waals surface area contributed by atoms with E-state index in [1.807, 2.05) is 13.8 Å². The van der Waals surface area contributed by atoms with Gasteiger partial charge in [0.1, 0.15) is 11.9 Å². The van der Waals surface area contributed by atoms with Gasteiger partial charge >= 0.3 is 0 Å². The third kappa shape index (κ3) is 3.74. The second-order valence-corrected chi connectivity index (χ2v) is 3.81. The van der Waals surface area contributed by atoms with Crippen LogP contribution >= 0.6 is 0 Å². The quantitative estimate of drug-likeness (QED) is 0.698. The summed E-state index contributed by atoms with van der Waals surface area (Å²) in [6.07, 6.45) is -4.78. The van der Waals surface area contributed by atoms with Crippen molar-refractivity contribution in [2.45, 2.75) is 32.3 Å². The molecule has 17 heavy (non-hydrogen) atoms. The van der Waals surface area contributed by atoms with Gasteiger partial charge in [-0.1, -0.05) is 13.8 Å². The Balaban J connectivity index is 2.52. The van der Waals surface area contributed by atoms with E-state index in [2.05, 4.69) is 20.5 Å². The first kappa shape index (κ1) is 13.5. The summed E-state index contributed by atoms with van der Waals surface area (Å²) >= 11 is 0. The molecule has 1 amide bonds. The maximum atomic E-state index is 12.0. The normalized spacial score (nSPS) is 13.1. The average Bonchev–Trinajstić information content (AvgIpc) is 2.74. The van der Waals surface area contributed by atoms with Crippen LogP contribution in [0.5, 0.6) is 0 Å². The molecule has 0 aliphatic heterocycles. The number of halogens is 2. The fraction of sp³-hybridized carbons (Fsp3) is 0.667. The summed E-state index contributed by atoms with van der Waals surface area (Å²) in [6, 6.07) is 0. The predicted molar refractivity (Wildman–Crippen MR) is 54.8 cm³/mol. The van der Waals surface area contributed by atoms with Crippen molar-refractivity contribution in [3.05, 3.63) is 11.6 Å². The molecule has 0 aliphatic rings. The molecule has 1 aromatic heterocycles. The molecule has 0 spiro atoms. The van der Waals surface area contributed by atoms with Crippen LogP contribution in [0.2, 0.25) is 0 Å². The van der Waals surface area contributed by atoms with Gasteiger partial charge in [-0.2, -0.15) is 0 Å². The van der Waals surface area contributed by atoms with Gasteiger partial charge in [-0.25, -0.2) is 13.8 Å². The van der Waals surface area contributed by atoms with Gasteiger partial charge in [0.15, 0.2) is 0 Å². The lowest BCUT2D eigenvalue weighted by Crippen LogP contribution is -2.36. The van der Waals surface area contributed by atoms with Crippen molar-refractivity contribution < 1.29 is 18.7 Å². The van der Waals surface area contributed by atoms with Crippen molar-refractivity contribution in [2.24, 2.45) is 0 Å². The van der Waals surface area contributed by atoms with Crippen molar-refractivity contribution in [1.29, 1.82) is 0 Å². The summed E-state index contributed by atoms with van der Waals surface area (Å²) in [5, 5.41) is 17.1. The molecule has 0 aromatic carbocycles. The first-order valence-corrected chi connectivity index (χ1v) is 5.08. The molecule has 1 aromatic rings. The Morgan fingerprint density at radius 1 is 1.53 bits per heavy atom. The van der Waals surface area contributed by atoms with Crippen LogP contribution in [-0.2, 0) is 0 Å². The number of alkyl halides is 2. The third-order valence-corrected chi connectivity index (χ3v) is 2.02. The number of nitrogens with one attached hydrogen (secondary N) is 2. The van der Waals surface area contributed by atoms with Crippen molar-refractivity contribution in [1.82, 2.24) is 20.5 Å². The summed E-state index contributed by atoms with van der Waals surface area (Å²) in [4.78, 5) is 15.3. The molecule has 3 N–H and O–H groups in total. The van der Waals surface area contributed by atoms with E-state index < -0.39 is 25.0 Å². The molecule has 1 unspecified atom stereocenters. The van der Waals surface area contributed by atoms with E-state index in [1.54, 1.807) is 0 Å². The van der Waals surface area contributed by atoms with Gasteiger partial charge in [0.05, 0.1) is 0 Å². The van der Waals surface area contributed by atoms with Crippen LogP contribution in [0.15, 0.2) is 0 Å². The summed E-state index contributed by atoms with van der Waals surface area (Å²) < 4.78 is 23.9. The van der Waals surface area contributed by atoms with Crippen molar-refractivity contribution in [3.8, 4) is 0 Å². The number of aliphatic hydroxyl groups is 1. The Morgan fingerprint density at radius 2 is 2.18 bits per heavy atom. The van der Waals surface area contributed by atoms with Crippen LogP contribution in [0.4, 0.5) is 8.78 Å². The standard InChI is InChI=1S/C9H14F2N4O2/c1-4(2)7-13-8(15-14-7)9(17)12-3-5(16)6(10)11/h4-6,16H,3H2,1-2H3,(H,12,17)(H,13,14,15). The zero-order chi connectivity index (χ0) is 13.0. The number of aromatic amines is 1. The molecule has 96 valence electrons. The number of hydrogen-bond acceptors (Lipinski definition) is 4. The van der Waals surface area contributed by atoms with Crippen LogP contribution < -0.4 is 5.32 Å². The van der Waals surface area contributed by atoms with Gasteiger partial charge in [-0.15, -0.1) is 5.10 Å². The average molecular weight is 248 g/mol. The molecule has 0 saturated carbocycles. The van der Waals surface area contributed by atoms with Crippen molar-refractivity contribution >= 4 is 5.91 Å². The first-order valence-electron chi connectivity index (χ1n) is 5.08. The maximum Gasteiger partial charge on any atom is 0.291 e. The number of hydrogen-bond donors (Lipinski definition) is 3. The molecule has 0 saturated heterocycles. The third-order valence-electron chi connectivity index (χ3n) is 2.02. The molecule has 1 rings (SSSR count). The number of rotatable bonds is 5. The van der Waals surface area contributed by atoms with Gasteiger partial charge < -0.3 is 10.4 Å². The van der Waals surface area contributed by atoms with Gasteiger partial charge in [0.2, 0.25) is 5.82 Å². The van der Waals surface area contributed by atoms with Gasteiger partial charge in [0.25, 0.3) is 12.3 Å². The van der Waals surface area contributed by atoms with E-state index in [1.165, 1.54) is 0 Å². The minimum absolute atomic E-state index is 0.0794. The lowest BCUT2D eigenvalue weighted by Gasteiger charge is -2.08. The minimum atomic E-state index is -2.89. The highest BCUT2D eigenvalue weighted by molar-refractivity contribution is 5.90. The molecule has 0 bridgehead atoms. The highest BCUT2D eigenvalue weighted by atomic mass is 19.3. The lowest BCUT2D eigenvalue weighted by atomic mass is 10.2. The molecule has 0 fully saturated rings. The number of carbonyl (C=O) groups is 1. The Kier molecular flexibility index (Phi) is 4.50. The Bertz CT molecular complexity index is 381. The van der Waals surface area contributed by atoms with E-state index >= 15 is 0 Å². The molecule has 1 atom stereocenters. The fourth-order valence-electron chi connectivity index (χ4n) is 0.999. The van der Waals surface area contributed by atoms with E-state index in [0.29, 0.717) is 5.82 Å². The largest absolute Gasteiger partial charge is 0.385 e. The molecule has 1 heterocycles. The minimum Gasteiger partial charge on any atom is -0.385 e. The highest BCUT2D eigenvalue weighted by Gasteiger charge is 2.19. The Morgan fingerprint density at radius 3 is 2.65 bits per heavy atom. The number of carbonyl (C=O) groups excluding carboxylic acids is 1. The zero-order valence-corrected chi connectivity index (χ0v) is 9.44. The zero-order valence-electron chi connectivity index (χ0n) is 9.44. The predicted octanol–water partition coefficient (Wildman–Crippen LogP) is 0.284. The van der Waals surface area contributed by atoms with Crippen molar-refractivity contribution in [2.75, 3.05) is 6.54 Å². The summed E-state index contributed by atoms with van der Waals surface area (Å²) in [6.45, 7) is 3.19. The number of nitrogens with zero attached hydrogens (tertiary/aromatic N) is 2. The number of amides is 1. The maximum absolute atomic E-state index is 12.0. The molecular formula is C9H14F2N4O2. The molecule has 6 nitrogen and oxygen atoms in total. The van der Waals surface area contributed by atoms with E-state index in [9.17, 15) is 13.6 Å². The lowest BCUT2D eigenvalue weighted by molar-refractivity contribution is -0.00275. The van der Waals surface area contributed by atoms with Crippen LogP contribution in [0.25, 0.3) is 0 Å². The fourth-order valence-corrected chi connectivity index (χ4v) is 0.999. The second-order valence-electron chi connectivity index (χ2n) is 3.81. The monoisotopic (exact) mass is 248 g/mol. The summed E-state index contributed by atoms with van der Waals surface area (Å²) in [5.41, 5.74) is 0. The first-order chi connectivity index (χ1) is 7.91. The summed E-state index contributed by atoms with van der Waals surface area (Å²) in [7, 11) is 0. The van der Waals surface area contributed by atoms with Crippen LogP contribution in [-0.4, -0.2) is 45.3 Å². The van der Waals surface area contributed by atoms with E-state index in [0.717, 1.165) is 0 Å².